The summed E-state index contributed by atoms with van der Waals surface area (Å²) in [5.41, 5.74) is 3.05. The number of aromatic nitrogens is 1. The van der Waals surface area contributed by atoms with Gasteiger partial charge in [-0.05, 0) is 42.5 Å². The lowest BCUT2D eigenvalue weighted by Gasteiger charge is -2.27. The van der Waals surface area contributed by atoms with Crippen LogP contribution in [0.2, 0.25) is 0 Å². The molecule has 2 heterocycles. The van der Waals surface area contributed by atoms with Crippen LogP contribution in [0.25, 0.3) is 10.9 Å². The quantitative estimate of drug-likeness (QED) is 0.666. The number of amides is 2. The average molecular weight is 405 g/mol. The molecule has 1 aliphatic heterocycles. The first-order chi connectivity index (χ1) is 13.8. The van der Waals surface area contributed by atoms with Gasteiger partial charge in [0.1, 0.15) is 11.5 Å². The number of ether oxygens (including phenoxy) is 2. The smallest absolute Gasteiger partial charge is 0.497 e. The Balaban J connectivity index is 1.53. The molecule has 0 spiro atoms. The summed E-state index contributed by atoms with van der Waals surface area (Å²) >= 11 is 0. The molecule has 3 aromatic rings. The van der Waals surface area contributed by atoms with Gasteiger partial charge in [-0.1, -0.05) is 0 Å². The Bertz CT molecular complexity index is 1040. The van der Waals surface area contributed by atoms with Crippen molar-refractivity contribution in [2.45, 2.75) is 19.3 Å². The number of carbonyl (C=O) groups excluding carboxylic acids is 1. The molecule has 2 aromatic carbocycles. The van der Waals surface area contributed by atoms with Crippen LogP contribution in [0.1, 0.15) is 11.3 Å². The number of methoxy groups -OCH3 is 1. The fraction of sp³-hybridized carbons (Fsp3) is 0.250. The molecule has 2 amide bonds. The number of halogens is 3. The van der Waals surface area contributed by atoms with Gasteiger partial charge in [-0.2, -0.15) is 0 Å². The van der Waals surface area contributed by atoms with Crippen molar-refractivity contribution < 1.29 is 27.4 Å². The normalized spacial score (nSPS) is 13.9. The number of H-pyrrole nitrogens is 1. The van der Waals surface area contributed by atoms with Gasteiger partial charge in [0.05, 0.1) is 7.11 Å². The average Bonchev–Trinajstić information content (AvgIpc) is 3.04. The summed E-state index contributed by atoms with van der Waals surface area (Å²) in [6, 6.07) is 10.8. The summed E-state index contributed by atoms with van der Waals surface area (Å²) in [5, 5.41) is 3.44. The standard InChI is InChI=1S/C20H18F3N3O3/c1-28-13-4-2-12(3-5-13)24-19(27)26-9-8-18-16(11-26)15-10-14(29-20(21,22)23)6-7-17(15)25-18/h2-7,10,25H,8-9,11H2,1H3,(H,24,27). The van der Waals surface area contributed by atoms with Crippen molar-refractivity contribution in [1.29, 1.82) is 0 Å². The van der Waals surface area contributed by atoms with Gasteiger partial charge in [0.25, 0.3) is 0 Å². The van der Waals surface area contributed by atoms with Gasteiger partial charge in [0, 0.05) is 47.4 Å². The number of aromatic amines is 1. The fourth-order valence-corrected chi connectivity index (χ4v) is 3.44. The summed E-state index contributed by atoms with van der Waals surface area (Å²) in [4.78, 5) is 17.5. The zero-order valence-electron chi connectivity index (χ0n) is 15.5. The van der Waals surface area contributed by atoms with Gasteiger partial charge >= 0.3 is 12.4 Å². The van der Waals surface area contributed by atoms with Crippen molar-refractivity contribution in [3.63, 3.8) is 0 Å². The Kier molecular flexibility index (Phi) is 4.73. The van der Waals surface area contributed by atoms with Crippen molar-refractivity contribution in [3.05, 3.63) is 53.7 Å². The molecule has 0 saturated carbocycles. The molecular formula is C20H18F3N3O3. The lowest BCUT2D eigenvalue weighted by atomic mass is 10.0. The van der Waals surface area contributed by atoms with Gasteiger partial charge < -0.3 is 24.7 Å². The van der Waals surface area contributed by atoms with Crippen LogP contribution in [-0.2, 0) is 13.0 Å². The number of fused-ring (bicyclic) bond motifs is 3. The number of nitrogens with one attached hydrogen (secondary N) is 2. The van der Waals surface area contributed by atoms with Crippen LogP contribution in [0.4, 0.5) is 23.7 Å². The number of alkyl halides is 3. The minimum Gasteiger partial charge on any atom is -0.497 e. The third-order valence-electron chi connectivity index (χ3n) is 4.81. The molecule has 29 heavy (non-hydrogen) atoms. The number of nitrogens with zero attached hydrogens (tertiary/aromatic N) is 1. The maximum atomic E-state index is 12.6. The number of hydrogen-bond acceptors (Lipinski definition) is 3. The first-order valence-electron chi connectivity index (χ1n) is 8.91. The highest BCUT2D eigenvalue weighted by atomic mass is 19.4. The fourth-order valence-electron chi connectivity index (χ4n) is 3.44. The lowest BCUT2D eigenvalue weighted by Crippen LogP contribution is -2.38. The lowest BCUT2D eigenvalue weighted by molar-refractivity contribution is -0.274. The first-order valence-corrected chi connectivity index (χ1v) is 8.91. The largest absolute Gasteiger partial charge is 0.573 e. The molecule has 152 valence electrons. The van der Waals surface area contributed by atoms with E-state index >= 15 is 0 Å². The number of benzene rings is 2. The predicted octanol–water partition coefficient (Wildman–Crippen LogP) is 4.67. The van der Waals surface area contributed by atoms with Crippen LogP contribution in [0.3, 0.4) is 0 Å². The third kappa shape index (κ3) is 4.08. The Labute approximate surface area is 164 Å². The highest BCUT2D eigenvalue weighted by molar-refractivity contribution is 5.91. The van der Waals surface area contributed by atoms with E-state index in [1.54, 1.807) is 42.3 Å². The van der Waals surface area contributed by atoms with Gasteiger partial charge in [-0.15, -0.1) is 13.2 Å². The van der Waals surface area contributed by atoms with Crippen LogP contribution in [0.5, 0.6) is 11.5 Å². The van der Waals surface area contributed by atoms with E-state index in [4.69, 9.17) is 4.74 Å². The molecule has 2 N–H and O–H groups in total. The van der Waals surface area contributed by atoms with Gasteiger partial charge in [0.2, 0.25) is 0 Å². The number of carbonyl (C=O) groups is 1. The van der Waals surface area contributed by atoms with Crippen LogP contribution in [0.15, 0.2) is 42.5 Å². The summed E-state index contributed by atoms with van der Waals surface area (Å²) in [6.45, 7) is 0.778. The van der Waals surface area contributed by atoms with Crippen molar-refractivity contribution in [2.75, 3.05) is 19.0 Å². The summed E-state index contributed by atoms with van der Waals surface area (Å²) in [6.07, 6.45) is -4.18. The number of urea groups is 1. The Morgan fingerprint density at radius 3 is 2.55 bits per heavy atom. The minimum atomic E-state index is -4.76. The summed E-state index contributed by atoms with van der Waals surface area (Å²) in [5.74, 6) is 0.396. The molecule has 0 aliphatic carbocycles. The summed E-state index contributed by atoms with van der Waals surface area (Å²) in [7, 11) is 1.56. The molecule has 6 nitrogen and oxygen atoms in total. The molecule has 0 saturated heterocycles. The van der Waals surface area contributed by atoms with Crippen molar-refractivity contribution in [1.82, 2.24) is 9.88 Å². The van der Waals surface area contributed by atoms with E-state index in [0.29, 0.717) is 35.3 Å². The van der Waals surface area contributed by atoms with E-state index in [0.717, 1.165) is 11.3 Å². The zero-order chi connectivity index (χ0) is 20.6. The van der Waals surface area contributed by atoms with Gasteiger partial charge in [-0.3, -0.25) is 0 Å². The molecule has 0 radical (unpaired) electrons. The second-order valence-corrected chi connectivity index (χ2v) is 6.67. The second kappa shape index (κ2) is 7.23. The van der Waals surface area contributed by atoms with Crippen LogP contribution in [0, 0.1) is 0 Å². The SMILES string of the molecule is COc1ccc(NC(=O)N2CCc3[nH]c4ccc(OC(F)(F)F)cc4c3C2)cc1. The maximum Gasteiger partial charge on any atom is 0.573 e. The van der Waals surface area contributed by atoms with E-state index in [9.17, 15) is 18.0 Å². The van der Waals surface area contributed by atoms with E-state index in [-0.39, 0.29) is 18.3 Å². The highest BCUT2D eigenvalue weighted by Gasteiger charge is 2.31. The van der Waals surface area contributed by atoms with E-state index < -0.39 is 6.36 Å². The zero-order valence-corrected chi connectivity index (χ0v) is 15.5. The van der Waals surface area contributed by atoms with Crippen molar-refractivity contribution in [3.8, 4) is 11.5 Å². The Hall–Kier alpha value is -3.36. The molecule has 0 bridgehead atoms. The second-order valence-electron chi connectivity index (χ2n) is 6.67. The van der Waals surface area contributed by atoms with E-state index in [1.165, 1.54) is 12.1 Å². The summed E-state index contributed by atoms with van der Waals surface area (Å²) < 4.78 is 46.7. The van der Waals surface area contributed by atoms with Gasteiger partial charge in [0.15, 0.2) is 0 Å². The molecule has 0 atom stereocenters. The van der Waals surface area contributed by atoms with Crippen molar-refractivity contribution in [2.24, 2.45) is 0 Å². The van der Waals surface area contributed by atoms with Crippen LogP contribution in [-0.4, -0.2) is 35.9 Å². The third-order valence-corrected chi connectivity index (χ3v) is 4.81. The van der Waals surface area contributed by atoms with E-state index in [1.807, 2.05) is 0 Å². The predicted molar refractivity (Wildman–Crippen MR) is 101 cm³/mol. The number of rotatable bonds is 3. The monoisotopic (exact) mass is 405 g/mol. The molecule has 9 heteroatoms. The first kappa shape index (κ1) is 19.0. The molecule has 1 aliphatic rings. The maximum absolute atomic E-state index is 12.6. The van der Waals surface area contributed by atoms with Crippen molar-refractivity contribution >= 4 is 22.6 Å². The molecule has 0 unspecified atom stereocenters. The van der Waals surface area contributed by atoms with Gasteiger partial charge in [-0.25, -0.2) is 4.79 Å². The van der Waals surface area contributed by atoms with E-state index in [2.05, 4.69) is 15.0 Å². The van der Waals surface area contributed by atoms with Crippen LogP contribution >= 0.6 is 0 Å². The van der Waals surface area contributed by atoms with Crippen LogP contribution < -0.4 is 14.8 Å². The number of anilines is 1. The number of hydrogen-bond donors (Lipinski definition) is 2. The molecular weight excluding hydrogens is 387 g/mol. The molecule has 1 aromatic heterocycles. The topological polar surface area (TPSA) is 66.6 Å². The Morgan fingerprint density at radius 1 is 1.14 bits per heavy atom. The highest BCUT2D eigenvalue weighted by Crippen LogP contribution is 2.32. The molecule has 4 rings (SSSR count). The molecule has 0 fully saturated rings. The Morgan fingerprint density at radius 2 is 1.86 bits per heavy atom. The minimum absolute atomic E-state index is 0.280.